The Balaban J connectivity index is 0.000000405. The highest BCUT2D eigenvalue weighted by atomic mass is 19.3. The highest BCUT2D eigenvalue weighted by Gasteiger charge is 2.20. The third kappa shape index (κ3) is 8.67. The van der Waals surface area contributed by atoms with Crippen molar-refractivity contribution in [1.29, 1.82) is 0 Å². The van der Waals surface area contributed by atoms with Gasteiger partial charge in [0.05, 0.1) is 25.2 Å². The molecule has 3 aromatic heterocycles. The molecular formula is C27H38F3N7O. The molecule has 0 radical (unpaired) electrons. The van der Waals surface area contributed by atoms with E-state index in [2.05, 4.69) is 39.1 Å². The van der Waals surface area contributed by atoms with Gasteiger partial charge in [0.2, 0.25) is 0 Å². The molecule has 0 bridgehead atoms. The topological polar surface area (TPSA) is 83.5 Å². The lowest BCUT2D eigenvalue weighted by Gasteiger charge is -2.14. The van der Waals surface area contributed by atoms with Crippen molar-refractivity contribution in [3.63, 3.8) is 0 Å². The average Bonchev–Trinajstić information content (AvgIpc) is 3.55. The van der Waals surface area contributed by atoms with Gasteiger partial charge in [-0.3, -0.25) is 4.57 Å². The predicted molar refractivity (Wildman–Crippen MR) is 143 cm³/mol. The number of hydrogen-bond acceptors (Lipinski definition) is 6. The van der Waals surface area contributed by atoms with Gasteiger partial charge in [0.1, 0.15) is 23.1 Å². The van der Waals surface area contributed by atoms with Crippen molar-refractivity contribution < 1.29 is 17.9 Å². The molecule has 4 aromatic rings. The summed E-state index contributed by atoms with van der Waals surface area (Å²) in [7, 11) is 1.57. The number of rotatable bonds is 6. The van der Waals surface area contributed by atoms with Gasteiger partial charge >= 0.3 is 6.55 Å². The first-order chi connectivity index (χ1) is 18.2. The fraction of sp³-hybridized carbons (Fsp3) is 0.444. The molecule has 38 heavy (non-hydrogen) atoms. The number of halogens is 3. The van der Waals surface area contributed by atoms with E-state index in [-0.39, 0.29) is 5.82 Å². The quantitative estimate of drug-likeness (QED) is 0.265. The summed E-state index contributed by atoms with van der Waals surface area (Å²) < 4.78 is 45.5. The van der Waals surface area contributed by atoms with Gasteiger partial charge in [-0.1, -0.05) is 53.7 Å². The van der Waals surface area contributed by atoms with E-state index in [1.807, 2.05) is 52.8 Å². The van der Waals surface area contributed by atoms with Crippen LogP contribution in [0.1, 0.15) is 65.3 Å². The van der Waals surface area contributed by atoms with Gasteiger partial charge in [0, 0.05) is 12.6 Å². The zero-order valence-corrected chi connectivity index (χ0v) is 23.6. The molecule has 3 heterocycles. The Labute approximate surface area is 222 Å². The third-order valence-electron chi connectivity index (χ3n) is 4.77. The van der Waals surface area contributed by atoms with Crippen LogP contribution in [0.5, 0.6) is 5.75 Å². The van der Waals surface area contributed by atoms with Gasteiger partial charge in [-0.05, 0) is 37.5 Å². The normalized spacial score (nSPS) is 10.2. The van der Waals surface area contributed by atoms with E-state index in [9.17, 15) is 13.2 Å². The molecule has 8 nitrogen and oxygen atoms in total. The Hall–Kier alpha value is -3.76. The number of para-hydroxylation sites is 1. The largest absolute Gasteiger partial charge is 0.495 e. The Morgan fingerprint density at radius 1 is 0.947 bits per heavy atom. The lowest BCUT2D eigenvalue weighted by atomic mass is 10.1. The third-order valence-corrected chi connectivity index (χ3v) is 4.77. The van der Waals surface area contributed by atoms with E-state index in [1.165, 1.54) is 24.7 Å². The molecule has 1 aromatic carbocycles. The number of aryl methyl sites for hydroxylation is 2. The summed E-state index contributed by atoms with van der Waals surface area (Å²) in [5, 5.41) is 12.0. The molecule has 11 heteroatoms. The highest BCUT2D eigenvalue weighted by molar-refractivity contribution is 5.60. The fourth-order valence-electron chi connectivity index (χ4n) is 3.25. The summed E-state index contributed by atoms with van der Waals surface area (Å²) in [5.41, 5.74) is 2.03. The van der Waals surface area contributed by atoms with Crippen LogP contribution in [-0.4, -0.2) is 41.6 Å². The van der Waals surface area contributed by atoms with Crippen molar-refractivity contribution in [3.05, 3.63) is 65.9 Å². The molecule has 0 saturated heterocycles. The number of nitrogens with zero attached hydrogens (tertiary/aromatic N) is 7. The second-order valence-corrected chi connectivity index (χ2v) is 7.91. The molecule has 0 amide bonds. The molecule has 0 saturated carbocycles. The van der Waals surface area contributed by atoms with Crippen LogP contribution in [-0.2, 0) is 6.42 Å². The molecule has 0 spiro atoms. The molecule has 0 fully saturated rings. The summed E-state index contributed by atoms with van der Waals surface area (Å²) in [5.74, 6) is 2.48. The van der Waals surface area contributed by atoms with Gasteiger partial charge in [-0.25, -0.2) is 19.0 Å². The standard InChI is InChI=1S/C15H15F2N5O.C8H11FN2.2C2H6/c1-9-5-4-6-12(23-3)13(9)22-10(2)18-19-14(22)11-7-8-21(20-11)15(16)17;1-6(2)3-8-10-4-7(9)5-11-8;2*1-2/h4-8,15H,1-3H3;4-6H,3H2,1-2H3;2*1-2H3. The predicted octanol–water partition coefficient (Wildman–Crippen LogP) is 7.02. The van der Waals surface area contributed by atoms with Crippen LogP contribution < -0.4 is 4.74 Å². The van der Waals surface area contributed by atoms with Crippen LogP contribution in [0.15, 0.2) is 42.9 Å². The van der Waals surface area contributed by atoms with E-state index in [0.29, 0.717) is 39.5 Å². The number of alkyl halides is 2. The minimum atomic E-state index is -2.70. The van der Waals surface area contributed by atoms with Crippen molar-refractivity contribution in [2.75, 3.05) is 7.11 Å². The molecule has 0 atom stereocenters. The van der Waals surface area contributed by atoms with Gasteiger partial charge in [-0.15, -0.1) is 10.2 Å². The maximum atomic E-state index is 12.7. The van der Waals surface area contributed by atoms with Crippen molar-refractivity contribution >= 4 is 0 Å². The van der Waals surface area contributed by atoms with Crippen molar-refractivity contribution in [2.24, 2.45) is 5.92 Å². The Morgan fingerprint density at radius 3 is 2.11 bits per heavy atom. The first-order valence-electron chi connectivity index (χ1n) is 12.6. The molecule has 0 unspecified atom stereocenters. The van der Waals surface area contributed by atoms with Crippen molar-refractivity contribution in [3.8, 4) is 23.0 Å². The molecule has 0 aliphatic carbocycles. The van der Waals surface area contributed by atoms with Gasteiger partial charge < -0.3 is 4.74 Å². The van der Waals surface area contributed by atoms with E-state index >= 15 is 0 Å². The number of aromatic nitrogens is 7. The summed E-state index contributed by atoms with van der Waals surface area (Å²) in [6.45, 7) is 13.2. The maximum absolute atomic E-state index is 12.7. The monoisotopic (exact) mass is 533 g/mol. The molecule has 208 valence electrons. The minimum absolute atomic E-state index is 0.316. The minimum Gasteiger partial charge on any atom is -0.495 e. The Morgan fingerprint density at radius 2 is 1.58 bits per heavy atom. The fourth-order valence-corrected chi connectivity index (χ4v) is 3.25. The van der Waals surface area contributed by atoms with Gasteiger partial charge in [0.15, 0.2) is 11.6 Å². The SMILES string of the molecule is CC.CC.CC(C)Cc1ncc(F)cn1.COc1cccc(C)c1-n1c(C)nnc1-c1ccn(C(F)F)n1. The smallest absolute Gasteiger partial charge is 0.333 e. The number of benzene rings is 1. The maximum Gasteiger partial charge on any atom is 0.333 e. The zero-order valence-electron chi connectivity index (χ0n) is 23.6. The highest BCUT2D eigenvalue weighted by Crippen LogP contribution is 2.31. The van der Waals surface area contributed by atoms with Crippen LogP contribution in [0.2, 0.25) is 0 Å². The summed E-state index contributed by atoms with van der Waals surface area (Å²) in [6, 6.07) is 7.11. The van der Waals surface area contributed by atoms with E-state index in [1.54, 1.807) is 18.6 Å². The molecule has 0 N–H and O–H groups in total. The molecule has 4 rings (SSSR count). The van der Waals surface area contributed by atoms with E-state index in [0.717, 1.165) is 17.7 Å². The molecule has 0 aliphatic rings. The van der Waals surface area contributed by atoms with Crippen LogP contribution >= 0.6 is 0 Å². The number of hydrogen-bond donors (Lipinski definition) is 0. The van der Waals surface area contributed by atoms with Gasteiger partial charge in [0.25, 0.3) is 0 Å². The van der Waals surface area contributed by atoms with E-state index in [4.69, 9.17) is 4.74 Å². The Kier molecular flexibility index (Phi) is 13.7. The summed E-state index contributed by atoms with van der Waals surface area (Å²) in [4.78, 5) is 7.66. The van der Waals surface area contributed by atoms with E-state index < -0.39 is 6.55 Å². The van der Waals surface area contributed by atoms with Crippen molar-refractivity contribution in [1.82, 2.24) is 34.5 Å². The Bertz CT molecular complexity index is 1220. The van der Waals surface area contributed by atoms with Gasteiger partial charge in [-0.2, -0.15) is 13.9 Å². The second-order valence-electron chi connectivity index (χ2n) is 7.91. The average molecular weight is 534 g/mol. The summed E-state index contributed by atoms with van der Waals surface area (Å²) >= 11 is 0. The molecular weight excluding hydrogens is 495 g/mol. The van der Waals surface area contributed by atoms with Crippen LogP contribution in [0.4, 0.5) is 13.2 Å². The van der Waals surface area contributed by atoms with Crippen LogP contribution in [0, 0.1) is 25.6 Å². The lowest BCUT2D eigenvalue weighted by Crippen LogP contribution is -2.05. The number of ether oxygens (including phenoxy) is 1. The molecule has 0 aliphatic heterocycles. The summed E-state index contributed by atoms with van der Waals surface area (Å²) in [6.07, 6.45) is 4.42. The van der Waals surface area contributed by atoms with Crippen molar-refractivity contribution in [2.45, 2.75) is 68.4 Å². The first kappa shape index (κ1) is 32.3. The lowest BCUT2D eigenvalue weighted by molar-refractivity contribution is 0.0568. The van der Waals surface area contributed by atoms with Crippen LogP contribution in [0.25, 0.3) is 17.2 Å². The first-order valence-corrected chi connectivity index (χ1v) is 12.6. The zero-order chi connectivity index (χ0) is 28.8. The number of methoxy groups -OCH3 is 1. The second kappa shape index (κ2) is 16.2. The van der Waals surface area contributed by atoms with Crippen LogP contribution in [0.3, 0.4) is 0 Å².